The molecular formula is C29H28N4O4. The van der Waals surface area contributed by atoms with Crippen molar-refractivity contribution in [2.75, 3.05) is 20.2 Å². The third-order valence-electron chi connectivity index (χ3n) is 6.95. The molecule has 1 saturated heterocycles. The van der Waals surface area contributed by atoms with Gasteiger partial charge in [-0.25, -0.2) is 4.79 Å². The van der Waals surface area contributed by atoms with Crippen LogP contribution in [0.5, 0.6) is 5.75 Å². The molecule has 2 unspecified atom stereocenters. The first kappa shape index (κ1) is 24.1. The summed E-state index contributed by atoms with van der Waals surface area (Å²) in [6, 6.07) is 24.1. The number of para-hydroxylation sites is 1. The molecule has 8 nitrogen and oxygen atoms in total. The molecule has 5 rings (SSSR count). The van der Waals surface area contributed by atoms with E-state index in [2.05, 4.69) is 15.6 Å². The lowest BCUT2D eigenvalue weighted by Crippen LogP contribution is -2.43. The van der Waals surface area contributed by atoms with Crippen LogP contribution in [-0.2, 0) is 15.1 Å². The van der Waals surface area contributed by atoms with Crippen LogP contribution in [0.15, 0.2) is 85.1 Å². The topological polar surface area (TPSA) is 104 Å². The average molecular weight is 497 g/mol. The second kappa shape index (κ2) is 9.81. The zero-order valence-electron chi connectivity index (χ0n) is 20.7. The summed E-state index contributed by atoms with van der Waals surface area (Å²) in [6.07, 6.45) is 1.95. The minimum absolute atomic E-state index is 0.163. The number of nitrogens with one attached hydrogen (secondary N) is 3. The van der Waals surface area contributed by atoms with E-state index in [4.69, 9.17) is 4.74 Å². The molecule has 188 valence electrons. The fourth-order valence-electron chi connectivity index (χ4n) is 4.85. The number of H-pyrrole nitrogens is 1. The van der Waals surface area contributed by atoms with Gasteiger partial charge in [0.05, 0.1) is 7.11 Å². The summed E-state index contributed by atoms with van der Waals surface area (Å²) in [5.41, 5.74) is 2.48. The van der Waals surface area contributed by atoms with Crippen molar-refractivity contribution in [3.63, 3.8) is 0 Å². The standard InChI is InChI=1S/C29H28N4O4/c1-29(20-8-4-3-5-9-20)27(35)33(28(36)32-29)18-26(34)31-16-23(19-12-14-21(37-2)15-13-19)24-17-30-25-11-7-6-10-22(24)25/h3-15,17,23,30H,16,18H2,1-2H3,(H,31,34)(H,32,36). The molecule has 37 heavy (non-hydrogen) atoms. The molecule has 1 fully saturated rings. The summed E-state index contributed by atoms with van der Waals surface area (Å²) in [5, 5.41) is 6.74. The van der Waals surface area contributed by atoms with Crippen molar-refractivity contribution in [2.24, 2.45) is 0 Å². The van der Waals surface area contributed by atoms with E-state index in [1.807, 2.05) is 60.8 Å². The molecule has 2 atom stereocenters. The molecule has 4 amide bonds. The van der Waals surface area contributed by atoms with Gasteiger partial charge < -0.3 is 20.4 Å². The van der Waals surface area contributed by atoms with E-state index in [1.165, 1.54) is 0 Å². The molecule has 0 radical (unpaired) electrons. The predicted molar refractivity (Wildman–Crippen MR) is 140 cm³/mol. The molecule has 2 heterocycles. The van der Waals surface area contributed by atoms with Crippen molar-refractivity contribution in [3.8, 4) is 5.75 Å². The number of aromatic nitrogens is 1. The maximum atomic E-state index is 13.2. The Balaban J connectivity index is 1.34. The number of rotatable bonds is 8. The van der Waals surface area contributed by atoms with Gasteiger partial charge >= 0.3 is 6.03 Å². The number of ether oxygens (including phenoxy) is 1. The smallest absolute Gasteiger partial charge is 0.325 e. The number of aromatic amines is 1. The van der Waals surface area contributed by atoms with Gasteiger partial charge in [0, 0.05) is 29.6 Å². The van der Waals surface area contributed by atoms with Crippen molar-refractivity contribution in [1.29, 1.82) is 0 Å². The lowest BCUT2D eigenvalue weighted by molar-refractivity contribution is -0.134. The van der Waals surface area contributed by atoms with Gasteiger partial charge in [-0.15, -0.1) is 0 Å². The highest BCUT2D eigenvalue weighted by Crippen LogP contribution is 2.32. The largest absolute Gasteiger partial charge is 0.497 e. The van der Waals surface area contributed by atoms with Crippen LogP contribution in [0.25, 0.3) is 10.9 Å². The number of urea groups is 1. The number of nitrogens with zero attached hydrogens (tertiary/aromatic N) is 1. The molecule has 3 N–H and O–H groups in total. The maximum Gasteiger partial charge on any atom is 0.325 e. The molecule has 0 bridgehead atoms. The first-order chi connectivity index (χ1) is 17.9. The molecule has 1 aromatic heterocycles. The number of benzene rings is 3. The quantitative estimate of drug-likeness (QED) is 0.322. The third-order valence-corrected chi connectivity index (χ3v) is 6.95. The third kappa shape index (κ3) is 4.53. The number of imide groups is 1. The molecule has 4 aromatic rings. The summed E-state index contributed by atoms with van der Waals surface area (Å²) < 4.78 is 5.30. The van der Waals surface area contributed by atoms with Crippen LogP contribution in [0.4, 0.5) is 4.79 Å². The van der Waals surface area contributed by atoms with Crippen LogP contribution in [0.2, 0.25) is 0 Å². The molecule has 0 saturated carbocycles. The van der Waals surface area contributed by atoms with Gasteiger partial charge in [-0.1, -0.05) is 60.7 Å². The highest BCUT2D eigenvalue weighted by molar-refractivity contribution is 6.09. The minimum atomic E-state index is -1.21. The number of carbonyl (C=O) groups is 3. The van der Waals surface area contributed by atoms with Crippen molar-refractivity contribution in [2.45, 2.75) is 18.4 Å². The SMILES string of the molecule is COc1ccc(C(CNC(=O)CN2C(=O)NC(C)(c3ccccc3)C2=O)c2c[nH]c3ccccc23)cc1. The highest BCUT2D eigenvalue weighted by atomic mass is 16.5. The summed E-state index contributed by atoms with van der Waals surface area (Å²) in [6.45, 7) is 1.57. The maximum absolute atomic E-state index is 13.2. The molecule has 3 aromatic carbocycles. The Labute approximate surface area is 214 Å². The zero-order chi connectivity index (χ0) is 26.0. The monoisotopic (exact) mass is 496 g/mol. The van der Waals surface area contributed by atoms with Crippen LogP contribution in [0.3, 0.4) is 0 Å². The summed E-state index contributed by atoms with van der Waals surface area (Å²) in [4.78, 5) is 43.1. The number of hydrogen-bond acceptors (Lipinski definition) is 4. The fourth-order valence-corrected chi connectivity index (χ4v) is 4.85. The Morgan fingerprint density at radius 3 is 2.43 bits per heavy atom. The minimum Gasteiger partial charge on any atom is -0.497 e. The van der Waals surface area contributed by atoms with Crippen molar-refractivity contribution < 1.29 is 19.1 Å². The highest BCUT2D eigenvalue weighted by Gasteiger charge is 2.49. The van der Waals surface area contributed by atoms with Gasteiger partial charge in [-0.05, 0) is 41.8 Å². The lowest BCUT2D eigenvalue weighted by Gasteiger charge is -2.22. The summed E-state index contributed by atoms with van der Waals surface area (Å²) >= 11 is 0. The molecule has 1 aliphatic heterocycles. The molecule has 0 spiro atoms. The first-order valence-electron chi connectivity index (χ1n) is 12.1. The number of amides is 4. The van der Waals surface area contributed by atoms with Crippen molar-refractivity contribution in [3.05, 3.63) is 102 Å². The molecular weight excluding hydrogens is 468 g/mol. The van der Waals surface area contributed by atoms with Gasteiger partial charge in [0.15, 0.2) is 0 Å². The van der Waals surface area contributed by atoms with Gasteiger partial charge in [0.1, 0.15) is 17.8 Å². The Hall–Kier alpha value is -4.59. The van der Waals surface area contributed by atoms with Crippen LogP contribution >= 0.6 is 0 Å². The van der Waals surface area contributed by atoms with Crippen LogP contribution in [-0.4, -0.2) is 47.9 Å². The number of fused-ring (bicyclic) bond motifs is 1. The Morgan fingerprint density at radius 1 is 1.00 bits per heavy atom. The average Bonchev–Trinajstić information content (AvgIpc) is 3.44. The van der Waals surface area contributed by atoms with E-state index in [0.717, 1.165) is 32.7 Å². The Morgan fingerprint density at radius 2 is 1.70 bits per heavy atom. The van der Waals surface area contributed by atoms with E-state index in [9.17, 15) is 14.4 Å². The first-order valence-corrected chi connectivity index (χ1v) is 12.1. The molecule has 8 heteroatoms. The number of hydrogen-bond donors (Lipinski definition) is 3. The van der Waals surface area contributed by atoms with Crippen LogP contribution in [0.1, 0.15) is 29.5 Å². The second-order valence-electron chi connectivity index (χ2n) is 9.23. The number of methoxy groups -OCH3 is 1. The van der Waals surface area contributed by atoms with Crippen LogP contribution < -0.4 is 15.4 Å². The van der Waals surface area contributed by atoms with Crippen molar-refractivity contribution >= 4 is 28.7 Å². The summed E-state index contributed by atoms with van der Waals surface area (Å²) in [5.74, 6) is -0.296. The zero-order valence-corrected chi connectivity index (χ0v) is 20.7. The van der Waals surface area contributed by atoms with E-state index < -0.39 is 23.4 Å². The molecule has 0 aliphatic carbocycles. The normalized spacial score (nSPS) is 18.1. The van der Waals surface area contributed by atoms with E-state index >= 15 is 0 Å². The van der Waals surface area contributed by atoms with Crippen molar-refractivity contribution in [1.82, 2.24) is 20.5 Å². The predicted octanol–water partition coefficient (Wildman–Crippen LogP) is 3.89. The Bertz CT molecular complexity index is 1450. The van der Waals surface area contributed by atoms with Gasteiger partial charge in [-0.3, -0.25) is 14.5 Å². The lowest BCUT2D eigenvalue weighted by atomic mass is 9.90. The fraction of sp³-hybridized carbons (Fsp3) is 0.207. The van der Waals surface area contributed by atoms with E-state index in [-0.39, 0.29) is 19.0 Å². The van der Waals surface area contributed by atoms with Crippen LogP contribution in [0, 0.1) is 0 Å². The summed E-state index contributed by atoms with van der Waals surface area (Å²) in [7, 11) is 1.62. The van der Waals surface area contributed by atoms with E-state index in [0.29, 0.717) is 5.56 Å². The van der Waals surface area contributed by atoms with Gasteiger partial charge in [0.25, 0.3) is 5.91 Å². The van der Waals surface area contributed by atoms with Gasteiger partial charge in [0.2, 0.25) is 5.91 Å². The van der Waals surface area contributed by atoms with E-state index in [1.54, 1.807) is 38.3 Å². The van der Waals surface area contributed by atoms with Gasteiger partial charge in [-0.2, -0.15) is 0 Å². The Kier molecular flexibility index (Phi) is 6.40. The number of carbonyl (C=O) groups excluding carboxylic acids is 3. The molecule has 1 aliphatic rings. The second-order valence-corrected chi connectivity index (χ2v) is 9.23.